The van der Waals surface area contributed by atoms with Crippen LogP contribution < -0.4 is 19.5 Å². The maximum Gasteiger partial charge on any atom is 0.219 e. The lowest BCUT2D eigenvalue weighted by Crippen LogP contribution is -2.21. The molecule has 0 saturated heterocycles. The van der Waals surface area contributed by atoms with Gasteiger partial charge in [-0.15, -0.1) is 0 Å². The molecule has 100 valence electrons. The largest absolute Gasteiger partial charge is 0.496 e. The van der Waals surface area contributed by atoms with E-state index in [1.807, 2.05) is 0 Å². The van der Waals surface area contributed by atoms with Gasteiger partial charge in [0, 0.05) is 24.6 Å². The van der Waals surface area contributed by atoms with Crippen LogP contribution in [0.1, 0.15) is 18.9 Å². The van der Waals surface area contributed by atoms with Gasteiger partial charge in [-0.25, -0.2) is 0 Å². The van der Waals surface area contributed by atoms with Crippen LogP contribution in [0.15, 0.2) is 12.1 Å². The molecule has 0 saturated carbocycles. The molecule has 0 atom stereocenters. The fraction of sp³-hybridized carbons (Fsp3) is 0.462. The third-order valence-corrected chi connectivity index (χ3v) is 2.58. The second-order valence-corrected chi connectivity index (χ2v) is 3.65. The minimum absolute atomic E-state index is 0.00756. The number of methoxy groups -OCH3 is 3. The molecule has 1 aromatic carbocycles. The molecule has 0 spiro atoms. The molecule has 5 nitrogen and oxygen atoms in total. The number of hydrogen-bond acceptors (Lipinski definition) is 4. The van der Waals surface area contributed by atoms with Crippen molar-refractivity contribution >= 4 is 5.91 Å². The van der Waals surface area contributed by atoms with Crippen molar-refractivity contribution in [1.29, 1.82) is 0 Å². The number of amides is 1. The summed E-state index contributed by atoms with van der Waals surface area (Å²) in [6, 6.07) is 3.54. The van der Waals surface area contributed by atoms with Gasteiger partial charge in [-0.3, -0.25) is 4.79 Å². The average molecular weight is 253 g/mol. The standard InChI is InChI=1S/C13H19NO4/c1-5-13(15)14-8-9-6-11(17-3)12(18-4)7-10(9)16-2/h6-7H,5,8H2,1-4H3,(H,14,15). The monoisotopic (exact) mass is 253 g/mol. The van der Waals surface area contributed by atoms with E-state index in [-0.39, 0.29) is 5.91 Å². The predicted octanol–water partition coefficient (Wildman–Crippen LogP) is 1.74. The van der Waals surface area contributed by atoms with E-state index >= 15 is 0 Å². The minimum Gasteiger partial charge on any atom is -0.496 e. The lowest BCUT2D eigenvalue weighted by atomic mass is 10.1. The van der Waals surface area contributed by atoms with Gasteiger partial charge in [0.05, 0.1) is 21.3 Å². The van der Waals surface area contributed by atoms with Gasteiger partial charge in [0.25, 0.3) is 0 Å². The van der Waals surface area contributed by atoms with Crippen LogP contribution in [0.25, 0.3) is 0 Å². The first kappa shape index (κ1) is 14.2. The molecule has 0 radical (unpaired) electrons. The molecule has 0 aliphatic heterocycles. The van der Waals surface area contributed by atoms with Crippen molar-refractivity contribution in [1.82, 2.24) is 5.32 Å². The van der Waals surface area contributed by atoms with Crippen LogP contribution in [0, 0.1) is 0 Å². The Hall–Kier alpha value is -1.91. The highest BCUT2D eigenvalue weighted by molar-refractivity contribution is 5.75. The van der Waals surface area contributed by atoms with Gasteiger partial charge in [-0.1, -0.05) is 6.92 Å². The third kappa shape index (κ3) is 3.29. The van der Waals surface area contributed by atoms with E-state index in [1.165, 1.54) is 0 Å². The summed E-state index contributed by atoms with van der Waals surface area (Å²) in [5.74, 6) is 1.86. The molecule has 1 N–H and O–H groups in total. The van der Waals surface area contributed by atoms with E-state index in [1.54, 1.807) is 40.4 Å². The second-order valence-electron chi connectivity index (χ2n) is 3.65. The van der Waals surface area contributed by atoms with Crippen molar-refractivity contribution in [3.63, 3.8) is 0 Å². The van der Waals surface area contributed by atoms with Crippen LogP contribution in [0.3, 0.4) is 0 Å². The Morgan fingerprint density at radius 2 is 1.61 bits per heavy atom. The molecular formula is C13H19NO4. The van der Waals surface area contributed by atoms with Crippen LogP contribution in [0.5, 0.6) is 17.2 Å². The third-order valence-electron chi connectivity index (χ3n) is 2.58. The second kappa shape index (κ2) is 6.74. The first-order valence-corrected chi connectivity index (χ1v) is 5.71. The van der Waals surface area contributed by atoms with Crippen molar-refractivity contribution < 1.29 is 19.0 Å². The fourth-order valence-corrected chi connectivity index (χ4v) is 1.55. The molecule has 1 rings (SSSR count). The van der Waals surface area contributed by atoms with Crippen LogP contribution in [-0.4, -0.2) is 27.2 Å². The van der Waals surface area contributed by atoms with E-state index in [2.05, 4.69) is 5.32 Å². The van der Waals surface area contributed by atoms with Gasteiger partial charge in [-0.2, -0.15) is 0 Å². The van der Waals surface area contributed by atoms with E-state index < -0.39 is 0 Å². The maximum atomic E-state index is 11.3. The number of nitrogens with one attached hydrogen (secondary N) is 1. The molecule has 0 bridgehead atoms. The number of benzene rings is 1. The topological polar surface area (TPSA) is 56.8 Å². The highest BCUT2D eigenvalue weighted by Crippen LogP contribution is 2.34. The molecule has 0 aromatic heterocycles. The Kier molecular flexibility index (Phi) is 5.30. The van der Waals surface area contributed by atoms with E-state index in [4.69, 9.17) is 14.2 Å². The lowest BCUT2D eigenvalue weighted by molar-refractivity contribution is -0.120. The number of carbonyl (C=O) groups is 1. The summed E-state index contributed by atoms with van der Waals surface area (Å²) in [6.07, 6.45) is 0.454. The summed E-state index contributed by atoms with van der Waals surface area (Å²) >= 11 is 0. The molecule has 0 aliphatic carbocycles. The molecule has 5 heteroatoms. The van der Waals surface area contributed by atoms with Crippen molar-refractivity contribution in [3.05, 3.63) is 17.7 Å². The zero-order valence-corrected chi connectivity index (χ0v) is 11.2. The Morgan fingerprint density at radius 3 is 2.11 bits per heavy atom. The molecule has 0 aliphatic rings. The van der Waals surface area contributed by atoms with Crippen molar-refractivity contribution in [2.24, 2.45) is 0 Å². The van der Waals surface area contributed by atoms with Gasteiger partial charge >= 0.3 is 0 Å². The molecule has 0 heterocycles. The van der Waals surface area contributed by atoms with Crippen molar-refractivity contribution in [2.75, 3.05) is 21.3 Å². The van der Waals surface area contributed by atoms with Crippen molar-refractivity contribution in [2.45, 2.75) is 19.9 Å². The molecule has 0 unspecified atom stereocenters. The Bertz CT molecular complexity index is 418. The highest BCUT2D eigenvalue weighted by atomic mass is 16.5. The maximum absolute atomic E-state index is 11.3. The summed E-state index contributed by atoms with van der Waals surface area (Å²) in [5.41, 5.74) is 0.844. The molecule has 0 fully saturated rings. The smallest absolute Gasteiger partial charge is 0.219 e. The van der Waals surface area contributed by atoms with Crippen LogP contribution >= 0.6 is 0 Å². The van der Waals surface area contributed by atoms with Crippen LogP contribution in [0.4, 0.5) is 0 Å². The summed E-state index contributed by atoms with van der Waals surface area (Å²) < 4.78 is 15.7. The first-order valence-electron chi connectivity index (χ1n) is 5.71. The summed E-state index contributed by atoms with van der Waals surface area (Å²) in [4.78, 5) is 11.3. The Balaban J connectivity index is 2.98. The fourth-order valence-electron chi connectivity index (χ4n) is 1.55. The Morgan fingerprint density at radius 1 is 1.06 bits per heavy atom. The lowest BCUT2D eigenvalue weighted by Gasteiger charge is -2.14. The predicted molar refractivity (Wildman–Crippen MR) is 68.2 cm³/mol. The van der Waals surface area contributed by atoms with Gasteiger partial charge in [0.2, 0.25) is 5.91 Å². The number of ether oxygens (including phenoxy) is 3. The van der Waals surface area contributed by atoms with Gasteiger partial charge < -0.3 is 19.5 Å². The highest BCUT2D eigenvalue weighted by Gasteiger charge is 2.12. The first-order chi connectivity index (χ1) is 8.65. The zero-order valence-electron chi connectivity index (χ0n) is 11.2. The minimum atomic E-state index is -0.00756. The van der Waals surface area contributed by atoms with Gasteiger partial charge in [0.1, 0.15) is 5.75 Å². The summed E-state index contributed by atoms with van der Waals surface area (Å²) in [5, 5.41) is 2.80. The Labute approximate surface area is 107 Å². The number of carbonyl (C=O) groups excluding carboxylic acids is 1. The van der Waals surface area contributed by atoms with Crippen molar-refractivity contribution in [3.8, 4) is 17.2 Å². The SMILES string of the molecule is CCC(=O)NCc1cc(OC)c(OC)cc1OC. The number of rotatable bonds is 6. The summed E-state index contributed by atoms with van der Waals surface area (Å²) in [7, 11) is 4.71. The molecular weight excluding hydrogens is 234 g/mol. The summed E-state index contributed by atoms with van der Waals surface area (Å²) in [6.45, 7) is 2.21. The van der Waals surface area contributed by atoms with Gasteiger partial charge in [0.15, 0.2) is 11.5 Å². The van der Waals surface area contributed by atoms with E-state index in [9.17, 15) is 4.79 Å². The molecule has 18 heavy (non-hydrogen) atoms. The van der Waals surface area contributed by atoms with E-state index in [0.29, 0.717) is 30.2 Å². The quantitative estimate of drug-likeness (QED) is 0.839. The number of hydrogen-bond donors (Lipinski definition) is 1. The molecule has 1 amide bonds. The van der Waals surface area contributed by atoms with Crippen LogP contribution in [-0.2, 0) is 11.3 Å². The average Bonchev–Trinajstić information content (AvgIpc) is 2.43. The normalized spacial score (nSPS) is 9.78. The zero-order chi connectivity index (χ0) is 13.5. The van der Waals surface area contributed by atoms with Crippen LogP contribution in [0.2, 0.25) is 0 Å². The molecule has 1 aromatic rings. The van der Waals surface area contributed by atoms with E-state index in [0.717, 1.165) is 5.56 Å². The van der Waals surface area contributed by atoms with Gasteiger partial charge in [-0.05, 0) is 6.07 Å².